The Morgan fingerprint density at radius 1 is 1.35 bits per heavy atom. The molecule has 0 bridgehead atoms. The number of carbonyl (C=O) groups excluding carboxylic acids is 1. The molecule has 1 aliphatic heterocycles. The van der Waals surface area contributed by atoms with Crippen molar-refractivity contribution in [2.45, 2.75) is 44.7 Å². The quantitative estimate of drug-likeness (QED) is 0.862. The van der Waals surface area contributed by atoms with Crippen molar-refractivity contribution in [1.29, 1.82) is 0 Å². The lowest BCUT2D eigenvalue weighted by Crippen LogP contribution is -2.33. The highest BCUT2D eigenvalue weighted by molar-refractivity contribution is 5.76. The van der Waals surface area contributed by atoms with Gasteiger partial charge in [-0.2, -0.15) is 0 Å². The standard InChI is InChI=1S/C16H23N3O/c20-16(7-4-13-8-10-17-11-13)19(15-5-6-15)12-14-3-1-2-9-18-14/h1-3,9,13,15,17H,4-8,10-12H2. The molecule has 1 aromatic rings. The van der Waals surface area contributed by atoms with Crippen LogP contribution in [0.3, 0.4) is 0 Å². The Labute approximate surface area is 120 Å². The molecule has 1 saturated carbocycles. The maximum atomic E-state index is 12.5. The van der Waals surface area contributed by atoms with E-state index in [-0.39, 0.29) is 0 Å². The summed E-state index contributed by atoms with van der Waals surface area (Å²) in [5.41, 5.74) is 0.996. The number of pyridine rings is 1. The Kier molecular flexibility index (Phi) is 4.31. The van der Waals surface area contributed by atoms with Crippen LogP contribution in [0.2, 0.25) is 0 Å². The first-order valence-corrected chi connectivity index (χ1v) is 7.73. The molecule has 3 rings (SSSR count). The first-order chi connectivity index (χ1) is 9.83. The molecule has 1 aromatic heterocycles. The molecule has 108 valence electrons. The van der Waals surface area contributed by atoms with E-state index in [4.69, 9.17) is 0 Å². The normalized spacial score (nSPS) is 21.9. The second-order valence-electron chi connectivity index (χ2n) is 5.97. The fraction of sp³-hybridized carbons (Fsp3) is 0.625. The number of rotatable bonds is 6. The molecule has 0 aromatic carbocycles. The van der Waals surface area contributed by atoms with Gasteiger partial charge < -0.3 is 10.2 Å². The van der Waals surface area contributed by atoms with Gasteiger partial charge in [-0.05, 0) is 56.8 Å². The summed E-state index contributed by atoms with van der Waals surface area (Å²) in [5.74, 6) is 1.000. The van der Waals surface area contributed by atoms with Crippen molar-refractivity contribution < 1.29 is 4.79 Å². The average Bonchev–Trinajstić information content (AvgIpc) is 3.19. The molecule has 1 atom stereocenters. The van der Waals surface area contributed by atoms with Gasteiger partial charge in [0, 0.05) is 18.7 Å². The van der Waals surface area contributed by atoms with Gasteiger partial charge in [0.15, 0.2) is 0 Å². The van der Waals surface area contributed by atoms with Crippen molar-refractivity contribution in [1.82, 2.24) is 15.2 Å². The van der Waals surface area contributed by atoms with Crippen molar-refractivity contribution in [3.63, 3.8) is 0 Å². The summed E-state index contributed by atoms with van der Waals surface area (Å²) in [4.78, 5) is 18.9. The number of aromatic nitrogens is 1. The van der Waals surface area contributed by atoms with Gasteiger partial charge in [-0.1, -0.05) is 6.07 Å². The van der Waals surface area contributed by atoms with E-state index in [9.17, 15) is 4.79 Å². The average molecular weight is 273 g/mol. The Balaban J connectivity index is 1.54. The Morgan fingerprint density at radius 3 is 2.90 bits per heavy atom. The second-order valence-corrected chi connectivity index (χ2v) is 5.97. The van der Waals surface area contributed by atoms with Crippen LogP contribution >= 0.6 is 0 Å². The van der Waals surface area contributed by atoms with Crippen LogP contribution < -0.4 is 5.32 Å². The number of nitrogens with one attached hydrogen (secondary N) is 1. The van der Waals surface area contributed by atoms with Gasteiger partial charge in [0.25, 0.3) is 0 Å². The molecule has 2 fully saturated rings. The minimum Gasteiger partial charge on any atom is -0.334 e. The van der Waals surface area contributed by atoms with E-state index in [2.05, 4.69) is 10.3 Å². The Hall–Kier alpha value is -1.42. The zero-order chi connectivity index (χ0) is 13.8. The summed E-state index contributed by atoms with van der Waals surface area (Å²) in [7, 11) is 0. The molecule has 4 nitrogen and oxygen atoms in total. The Morgan fingerprint density at radius 2 is 2.25 bits per heavy atom. The Bertz CT molecular complexity index is 438. The molecule has 0 spiro atoms. The molecule has 20 heavy (non-hydrogen) atoms. The van der Waals surface area contributed by atoms with E-state index >= 15 is 0 Å². The summed E-state index contributed by atoms with van der Waals surface area (Å²) in [6.07, 6.45) is 7.05. The number of amides is 1. The van der Waals surface area contributed by atoms with E-state index in [0.717, 1.165) is 38.0 Å². The van der Waals surface area contributed by atoms with Crippen LogP contribution in [0, 0.1) is 5.92 Å². The first kappa shape index (κ1) is 13.6. The van der Waals surface area contributed by atoms with E-state index in [0.29, 0.717) is 30.8 Å². The van der Waals surface area contributed by atoms with E-state index < -0.39 is 0 Å². The monoisotopic (exact) mass is 273 g/mol. The molecule has 0 radical (unpaired) electrons. The fourth-order valence-electron chi connectivity index (χ4n) is 2.91. The highest BCUT2D eigenvalue weighted by Gasteiger charge is 2.32. The highest BCUT2D eigenvalue weighted by Crippen LogP contribution is 2.29. The molecular formula is C16H23N3O. The maximum Gasteiger partial charge on any atom is 0.223 e. The molecule has 1 saturated heterocycles. The zero-order valence-electron chi connectivity index (χ0n) is 11.9. The molecule has 1 amide bonds. The van der Waals surface area contributed by atoms with Crippen LogP contribution in [0.4, 0.5) is 0 Å². The summed E-state index contributed by atoms with van der Waals surface area (Å²) in [5, 5.41) is 3.37. The van der Waals surface area contributed by atoms with Crippen LogP contribution in [-0.2, 0) is 11.3 Å². The largest absolute Gasteiger partial charge is 0.334 e. The summed E-state index contributed by atoms with van der Waals surface area (Å²) < 4.78 is 0. The third kappa shape index (κ3) is 3.57. The third-order valence-electron chi connectivity index (χ3n) is 4.30. The number of carbonyl (C=O) groups is 1. The van der Waals surface area contributed by atoms with Gasteiger partial charge in [0.05, 0.1) is 12.2 Å². The lowest BCUT2D eigenvalue weighted by Gasteiger charge is -2.22. The molecule has 4 heteroatoms. The molecule has 1 unspecified atom stereocenters. The van der Waals surface area contributed by atoms with Crippen molar-refractivity contribution in [2.75, 3.05) is 13.1 Å². The van der Waals surface area contributed by atoms with E-state index in [1.54, 1.807) is 6.20 Å². The predicted octanol–water partition coefficient (Wildman–Crippen LogP) is 1.96. The van der Waals surface area contributed by atoms with Crippen molar-refractivity contribution in [3.8, 4) is 0 Å². The first-order valence-electron chi connectivity index (χ1n) is 7.73. The SMILES string of the molecule is O=C(CCC1CCNC1)N(Cc1ccccn1)C1CC1. The fourth-order valence-corrected chi connectivity index (χ4v) is 2.91. The lowest BCUT2D eigenvalue weighted by atomic mass is 10.0. The van der Waals surface area contributed by atoms with E-state index in [1.807, 2.05) is 23.1 Å². The zero-order valence-corrected chi connectivity index (χ0v) is 11.9. The highest BCUT2D eigenvalue weighted by atomic mass is 16.2. The van der Waals surface area contributed by atoms with Gasteiger partial charge in [-0.3, -0.25) is 9.78 Å². The minimum atomic E-state index is 0.310. The summed E-state index contributed by atoms with van der Waals surface area (Å²) in [6, 6.07) is 6.37. The number of nitrogens with zero attached hydrogens (tertiary/aromatic N) is 2. The topological polar surface area (TPSA) is 45.2 Å². The van der Waals surface area contributed by atoms with E-state index in [1.165, 1.54) is 6.42 Å². The second kappa shape index (κ2) is 6.35. The smallest absolute Gasteiger partial charge is 0.223 e. The van der Waals surface area contributed by atoms with Crippen LogP contribution in [0.1, 0.15) is 37.8 Å². The molecular weight excluding hydrogens is 250 g/mol. The van der Waals surface area contributed by atoms with Crippen LogP contribution in [0.25, 0.3) is 0 Å². The van der Waals surface area contributed by atoms with Crippen molar-refractivity contribution >= 4 is 5.91 Å². The van der Waals surface area contributed by atoms with Crippen molar-refractivity contribution in [2.24, 2.45) is 5.92 Å². The van der Waals surface area contributed by atoms with Crippen LogP contribution in [0.15, 0.2) is 24.4 Å². The molecule has 1 N–H and O–H groups in total. The lowest BCUT2D eigenvalue weighted by molar-refractivity contribution is -0.132. The maximum absolute atomic E-state index is 12.5. The summed E-state index contributed by atoms with van der Waals surface area (Å²) in [6.45, 7) is 2.86. The summed E-state index contributed by atoms with van der Waals surface area (Å²) >= 11 is 0. The van der Waals surface area contributed by atoms with Crippen LogP contribution in [-0.4, -0.2) is 34.9 Å². The van der Waals surface area contributed by atoms with Gasteiger partial charge in [-0.25, -0.2) is 0 Å². The third-order valence-corrected chi connectivity index (χ3v) is 4.30. The van der Waals surface area contributed by atoms with Crippen molar-refractivity contribution in [3.05, 3.63) is 30.1 Å². The van der Waals surface area contributed by atoms with Crippen LogP contribution in [0.5, 0.6) is 0 Å². The number of hydrogen-bond acceptors (Lipinski definition) is 3. The predicted molar refractivity (Wildman–Crippen MR) is 78.0 cm³/mol. The van der Waals surface area contributed by atoms with Gasteiger partial charge in [0.1, 0.15) is 0 Å². The number of hydrogen-bond donors (Lipinski definition) is 1. The molecule has 2 aliphatic rings. The molecule has 2 heterocycles. The molecule has 1 aliphatic carbocycles. The van der Waals surface area contributed by atoms with Gasteiger partial charge in [0.2, 0.25) is 5.91 Å². The van der Waals surface area contributed by atoms with Gasteiger partial charge in [-0.15, -0.1) is 0 Å². The van der Waals surface area contributed by atoms with Gasteiger partial charge >= 0.3 is 0 Å². The minimum absolute atomic E-state index is 0.310.